The Hall–Kier alpha value is -4.79. The van der Waals surface area contributed by atoms with Gasteiger partial charge in [0.15, 0.2) is 17.3 Å². The first kappa shape index (κ1) is 22.4. The van der Waals surface area contributed by atoms with Gasteiger partial charge in [0.05, 0.1) is 19.0 Å². The summed E-state index contributed by atoms with van der Waals surface area (Å²) in [6.07, 6.45) is 1.44. The van der Waals surface area contributed by atoms with Crippen molar-refractivity contribution in [3.8, 4) is 23.1 Å². The fourth-order valence-corrected chi connectivity index (χ4v) is 3.01. The summed E-state index contributed by atoms with van der Waals surface area (Å²) < 4.78 is 22.2. The van der Waals surface area contributed by atoms with Gasteiger partial charge in [-0.2, -0.15) is 0 Å². The molecule has 2 amide bonds. The van der Waals surface area contributed by atoms with Gasteiger partial charge < -0.3 is 29.7 Å². The lowest BCUT2D eigenvalue weighted by Crippen LogP contribution is -2.11. The lowest BCUT2D eigenvalue weighted by atomic mass is 10.2. The summed E-state index contributed by atoms with van der Waals surface area (Å²) in [5.74, 6) is 1.50. The molecule has 2 heterocycles. The van der Waals surface area contributed by atoms with E-state index in [0.29, 0.717) is 34.3 Å². The Kier molecular flexibility index (Phi) is 6.73. The predicted octanol–water partition coefficient (Wildman–Crippen LogP) is 4.41. The van der Waals surface area contributed by atoms with Crippen LogP contribution in [0.25, 0.3) is 0 Å². The summed E-state index contributed by atoms with van der Waals surface area (Å²) in [6.45, 7) is 0.137. The minimum absolute atomic E-state index is 0.127. The predicted molar refractivity (Wildman–Crippen MR) is 123 cm³/mol. The molecular formula is C25H21N3O6. The SMILES string of the molecule is COc1ccccc1OCc1ccc(C(=O)Nc2ccc(Oc3cccc(C(N)=O)c3)nc2)o1. The first-order valence-corrected chi connectivity index (χ1v) is 10.2. The summed E-state index contributed by atoms with van der Waals surface area (Å²) in [7, 11) is 1.56. The summed E-state index contributed by atoms with van der Waals surface area (Å²) in [4.78, 5) is 28.0. The van der Waals surface area contributed by atoms with Crippen LogP contribution in [0.2, 0.25) is 0 Å². The molecule has 0 radical (unpaired) electrons. The molecule has 0 aliphatic heterocycles. The number of hydrogen-bond donors (Lipinski definition) is 2. The maximum Gasteiger partial charge on any atom is 0.291 e. The normalized spacial score (nSPS) is 10.4. The number of benzene rings is 2. The van der Waals surface area contributed by atoms with Crippen LogP contribution in [-0.2, 0) is 6.61 Å². The van der Waals surface area contributed by atoms with Crippen LogP contribution in [-0.4, -0.2) is 23.9 Å². The van der Waals surface area contributed by atoms with Gasteiger partial charge in [-0.15, -0.1) is 0 Å². The number of nitrogens with one attached hydrogen (secondary N) is 1. The number of hydrogen-bond acceptors (Lipinski definition) is 7. The standard InChI is InChI=1S/C25H21N3O6/c1-31-20-7-2-3-8-21(20)32-15-19-10-11-22(33-19)25(30)28-17-9-12-23(27-14-17)34-18-6-4-5-16(13-18)24(26)29/h2-14H,15H2,1H3,(H2,26,29)(H,28,30). The van der Waals surface area contributed by atoms with E-state index in [4.69, 9.17) is 24.4 Å². The number of methoxy groups -OCH3 is 1. The maximum atomic E-state index is 12.5. The number of primary amides is 1. The number of anilines is 1. The molecule has 9 nitrogen and oxygen atoms in total. The van der Waals surface area contributed by atoms with E-state index < -0.39 is 11.8 Å². The van der Waals surface area contributed by atoms with Crippen LogP contribution < -0.4 is 25.3 Å². The van der Waals surface area contributed by atoms with Crippen molar-refractivity contribution in [3.63, 3.8) is 0 Å². The molecule has 4 rings (SSSR count). The zero-order valence-electron chi connectivity index (χ0n) is 18.2. The number of para-hydroxylation sites is 2. The third kappa shape index (κ3) is 5.52. The van der Waals surface area contributed by atoms with E-state index in [9.17, 15) is 9.59 Å². The van der Waals surface area contributed by atoms with Crippen LogP contribution in [0.4, 0.5) is 5.69 Å². The lowest BCUT2D eigenvalue weighted by Gasteiger charge is -2.09. The van der Waals surface area contributed by atoms with Gasteiger partial charge in [0.2, 0.25) is 11.8 Å². The number of amides is 2. The van der Waals surface area contributed by atoms with Gasteiger partial charge >= 0.3 is 0 Å². The van der Waals surface area contributed by atoms with Crippen LogP contribution in [0.5, 0.6) is 23.1 Å². The van der Waals surface area contributed by atoms with Crippen molar-refractivity contribution in [2.45, 2.75) is 6.61 Å². The van der Waals surface area contributed by atoms with Gasteiger partial charge in [-0.3, -0.25) is 9.59 Å². The molecule has 0 unspecified atom stereocenters. The number of ether oxygens (including phenoxy) is 3. The van der Waals surface area contributed by atoms with Gasteiger partial charge in [0.1, 0.15) is 18.1 Å². The quantitative estimate of drug-likeness (QED) is 0.380. The molecule has 2 aromatic carbocycles. The van der Waals surface area contributed by atoms with E-state index >= 15 is 0 Å². The van der Waals surface area contributed by atoms with Crippen molar-refractivity contribution < 1.29 is 28.2 Å². The zero-order chi connectivity index (χ0) is 23.9. The Morgan fingerprint density at radius 1 is 1.00 bits per heavy atom. The van der Waals surface area contributed by atoms with Crippen molar-refractivity contribution in [1.82, 2.24) is 4.98 Å². The molecule has 0 aliphatic rings. The Balaban J connectivity index is 1.34. The second-order valence-corrected chi connectivity index (χ2v) is 7.04. The number of nitrogens with two attached hydrogens (primary N) is 1. The molecule has 0 atom stereocenters. The number of pyridine rings is 1. The number of carbonyl (C=O) groups excluding carboxylic acids is 2. The molecule has 0 aliphatic carbocycles. The fourth-order valence-electron chi connectivity index (χ4n) is 3.01. The molecule has 0 spiro atoms. The number of aromatic nitrogens is 1. The molecule has 0 fully saturated rings. The Morgan fingerprint density at radius 2 is 1.82 bits per heavy atom. The van der Waals surface area contributed by atoms with Crippen molar-refractivity contribution in [1.29, 1.82) is 0 Å². The number of furan rings is 1. The van der Waals surface area contributed by atoms with Gasteiger partial charge in [-0.1, -0.05) is 18.2 Å². The van der Waals surface area contributed by atoms with Gasteiger partial charge in [0.25, 0.3) is 5.91 Å². The largest absolute Gasteiger partial charge is 0.493 e. The molecule has 4 aromatic rings. The average Bonchev–Trinajstić information content (AvgIpc) is 3.33. The van der Waals surface area contributed by atoms with E-state index in [1.807, 2.05) is 12.1 Å². The minimum Gasteiger partial charge on any atom is -0.493 e. The van der Waals surface area contributed by atoms with E-state index in [0.717, 1.165) is 0 Å². The topological polar surface area (TPSA) is 126 Å². The summed E-state index contributed by atoms with van der Waals surface area (Å²) in [5, 5.41) is 2.71. The van der Waals surface area contributed by atoms with Crippen molar-refractivity contribution >= 4 is 17.5 Å². The third-order valence-corrected chi connectivity index (χ3v) is 4.66. The second kappa shape index (κ2) is 10.2. The van der Waals surface area contributed by atoms with Crippen LogP contribution in [0.3, 0.4) is 0 Å². The van der Waals surface area contributed by atoms with Gasteiger partial charge in [0, 0.05) is 11.6 Å². The van der Waals surface area contributed by atoms with Crippen LogP contribution in [0, 0.1) is 0 Å². The smallest absolute Gasteiger partial charge is 0.291 e. The highest BCUT2D eigenvalue weighted by Crippen LogP contribution is 2.27. The highest BCUT2D eigenvalue weighted by atomic mass is 16.5. The van der Waals surface area contributed by atoms with Gasteiger partial charge in [-0.25, -0.2) is 4.98 Å². The number of carbonyl (C=O) groups is 2. The van der Waals surface area contributed by atoms with E-state index in [1.165, 1.54) is 12.3 Å². The average molecular weight is 459 g/mol. The molecule has 172 valence electrons. The summed E-state index contributed by atoms with van der Waals surface area (Å²) in [5.41, 5.74) is 6.05. The molecule has 0 saturated heterocycles. The minimum atomic E-state index is -0.552. The third-order valence-electron chi connectivity index (χ3n) is 4.66. The molecule has 9 heteroatoms. The van der Waals surface area contributed by atoms with Crippen molar-refractivity contribution in [2.75, 3.05) is 12.4 Å². The highest BCUT2D eigenvalue weighted by molar-refractivity contribution is 6.02. The first-order valence-electron chi connectivity index (χ1n) is 10.2. The second-order valence-electron chi connectivity index (χ2n) is 7.04. The van der Waals surface area contributed by atoms with Crippen LogP contribution in [0.15, 0.2) is 83.4 Å². The first-order chi connectivity index (χ1) is 16.5. The van der Waals surface area contributed by atoms with Crippen molar-refractivity contribution in [3.05, 3.63) is 96.1 Å². The lowest BCUT2D eigenvalue weighted by molar-refractivity contribution is 0.0987. The van der Waals surface area contributed by atoms with Crippen LogP contribution in [0.1, 0.15) is 26.7 Å². The maximum absolute atomic E-state index is 12.5. The highest BCUT2D eigenvalue weighted by Gasteiger charge is 2.13. The van der Waals surface area contributed by atoms with E-state index in [1.54, 1.807) is 61.7 Å². The zero-order valence-corrected chi connectivity index (χ0v) is 18.2. The monoisotopic (exact) mass is 459 g/mol. The Morgan fingerprint density at radius 3 is 2.56 bits per heavy atom. The molecular weight excluding hydrogens is 438 g/mol. The molecule has 0 bridgehead atoms. The number of nitrogens with zero attached hydrogens (tertiary/aromatic N) is 1. The molecule has 0 saturated carbocycles. The summed E-state index contributed by atoms with van der Waals surface area (Å²) >= 11 is 0. The Bertz CT molecular complexity index is 1300. The molecule has 34 heavy (non-hydrogen) atoms. The molecule has 3 N–H and O–H groups in total. The summed E-state index contributed by atoms with van der Waals surface area (Å²) in [6, 6.07) is 20.1. The number of rotatable bonds is 9. The van der Waals surface area contributed by atoms with Gasteiger partial charge in [-0.05, 0) is 48.5 Å². The van der Waals surface area contributed by atoms with E-state index in [2.05, 4.69) is 10.3 Å². The fraction of sp³-hybridized carbons (Fsp3) is 0.0800. The Labute approximate surface area is 195 Å². The molecule has 2 aromatic heterocycles. The van der Waals surface area contributed by atoms with E-state index in [-0.39, 0.29) is 18.2 Å². The van der Waals surface area contributed by atoms with Crippen LogP contribution >= 0.6 is 0 Å². The van der Waals surface area contributed by atoms with Crippen molar-refractivity contribution in [2.24, 2.45) is 5.73 Å².